The molecule has 3 aromatic rings. The van der Waals surface area contributed by atoms with Gasteiger partial charge >= 0.3 is 0 Å². The molecule has 0 aliphatic heterocycles. The molecule has 21 heavy (non-hydrogen) atoms. The van der Waals surface area contributed by atoms with Gasteiger partial charge in [-0.05, 0) is 24.3 Å². The van der Waals surface area contributed by atoms with Gasteiger partial charge in [-0.2, -0.15) is 0 Å². The molecule has 0 fully saturated rings. The summed E-state index contributed by atoms with van der Waals surface area (Å²) in [6, 6.07) is 7.94. The molecule has 0 aliphatic rings. The number of ether oxygens (including phenoxy) is 1. The summed E-state index contributed by atoms with van der Waals surface area (Å²) in [5, 5.41) is 3.33. The van der Waals surface area contributed by atoms with E-state index in [1.807, 2.05) is 35.8 Å². The van der Waals surface area contributed by atoms with Crippen LogP contribution in [0, 0.1) is 0 Å². The highest BCUT2D eigenvalue weighted by molar-refractivity contribution is 7.11. The first-order valence-electron chi connectivity index (χ1n) is 6.29. The lowest BCUT2D eigenvalue weighted by Gasteiger charge is -2.04. The van der Waals surface area contributed by atoms with E-state index < -0.39 is 0 Å². The number of nitrogens with zero attached hydrogens (tertiary/aromatic N) is 2. The van der Waals surface area contributed by atoms with Gasteiger partial charge < -0.3 is 9.30 Å². The van der Waals surface area contributed by atoms with Crippen LogP contribution in [0.25, 0.3) is 10.9 Å². The van der Waals surface area contributed by atoms with Crippen molar-refractivity contribution in [1.29, 1.82) is 0 Å². The third-order valence-corrected chi connectivity index (χ3v) is 4.08. The van der Waals surface area contributed by atoms with Crippen LogP contribution >= 0.6 is 11.3 Å². The maximum absolute atomic E-state index is 11.4. The molecule has 7 heteroatoms. The van der Waals surface area contributed by atoms with E-state index in [0.717, 1.165) is 22.3 Å². The van der Waals surface area contributed by atoms with Crippen molar-refractivity contribution < 1.29 is 9.53 Å². The molecule has 3 N–H and O–H groups in total. The molecule has 0 bridgehead atoms. The van der Waals surface area contributed by atoms with Crippen LogP contribution < -0.4 is 16.0 Å². The third-order valence-electron chi connectivity index (χ3n) is 3.19. The summed E-state index contributed by atoms with van der Waals surface area (Å²) in [6.45, 7) is 0.601. The lowest BCUT2D eigenvalue weighted by molar-refractivity contribution is 0.0953. The van der Waals surface area contributed by atoms with Crippen LogP contribution in [0.4, 0.5) is 0 Å². The van der Waals surface area contributed by atoms with E-state index in [1.165, 1.54) is 11.3 Å². The summed E-state index contributed by atoms with van der Waals surface area (Å²) in [7, 11) is 1.65. The Hall–Kier alpha value is -2.38. The van der Waals surface area contributed by atoms with Crippen LogP contribution in [0.2, 0.25) is 0 Å². The molecule has 0 atom stereocenters. The fourth-order valence-corrected chi connectivity index (χ4v) is 2.87. The Morgan fingerprint density at radius 2 is 2.33 bits per heavy atom. The second kappa shape index (κ2) is 5.55. The number of amides is 1. The fourth-order valence-electron chi connectivity index (χ4n) is 2.16. The Bertz CT molecular complexity index is 793. The lowest BCUT2D eigenvalue weighted by atomic mass is 10.2. The zero-order valence-electron chi connectivity index (χ0n) is 11.4. The maximum Gasteiger partial charge on any atom is 0.294 e. The minimum Gasteiger partial charge on any atom is -0.497 e. The average Bonchev–Trinajstić information content (AvgIpc) is 3.14. The molecule has 0 saturated heterocycles. The second-order valence-electron chi connectivity index (χ2n) is 4.49. The van der Waals surface area contributed by atoms with Crippen LogP contribution in [-0.4, -0.2) is 22.6 Å². The van der Waals surface area contributed by atoms with E-state index >= 15 is 0 Å². The number of rotatable bonds is 4. The molecule has 0 radical (unpaired) electrons. The molecule has 108 valence electrons. The molecule has 2 aromatic heterocycles. The highest BCUT2D eigenvalue weighted by Gasteiger charge is 2.10. The predicted octanol–water partition coefficient (Wildman–Crippen LogP) is 1.76. The highest BCUT2D eigenvalue weighted by atomic mass is 32.1. The third kappa shape index (κ3) is 2.61. The smallest absolute Gasteiger partial charge is 0.294 e. The number of hydrogen-bond acceptors (Lipinski definition) is 5. The topological polar surface area (TPSA) is 82.2 Å². The van der Waals surface area contributed by atoms with E-state index in [-0.39, 0.29) is 5.91 Å². The first-order chi connectivity index (χ1) is 10.2. The number of nitrogen functional groups attached to an aromatic ring is 1. The molecule has 3 rings (SSSR count). The van der Waals surface area contributed by atoms with Crippen molar-refractivity contribution in [3.8, 4) is 5.75 Å². The second-order valence-corrected chi connectivity index (χ2v) is 5.34. The van der Waals surface area contributed by atoms with Crippen LogP contribution in [-0.2, 0) is 6.54 Å². The van der Waals surface area contributed by atoms with E-state index in [9.17, 15) is 4.79 Å². The number of carbonyl (C=O) groups is 1. The maximum atomic E-state index is 11.4. The summed E-state index contributed by atoms with van der Waals surface area (Å²) in [6.07, 6.45) is 1.99. The Morgan fingerprint density at radius 1 is 1.48 bits per heavy atom. The Kier molecular flexibility index (Phi) is 3.59. The number of benzene rings is 1. The number of carbonyl (C=O) groups excluding carboxylic acids is 1. The van der Waals surface area contributed by atoms with Gasteiger partial charge in [0.1, 0.15) is 5.75 Å². The van der Waals surface area contributed by atoms with Crippen LogP contribution in [0.5, 0.6) is 5.75 Å². The van der Waals surface area contributed by atoms with Crippen LogP contribution in [0.1, 0.15) is 15.5 Å². The number of nitrogens with one attached hydrogen (secondary N) is 1. The zero-order chi connectivity index (χ0) is 14.8. The Morgan fingerprint density at radius 3 is 3.10 bits per heavy atom. The SMILES string of the molecule is COc1ccc2c(ccn2Cc2csc(C(=O)NN)n2)c1. The summed E-state index contributed by atoms with van der Waals surface area (Å²) in [5.74, 6) is 5.56. The molecular weight excluding hydrogens is 288 g/mol. The minimum atomic E-state index is -0.367. The van der Waals surface area contributed by atoms with Gasteiger partial charge in [0.2, 0.25) is 0 Å². The number of hydrazine groups is 1. The van der Waals surface area contributed by atoms with Gasteiger partial charge in [-0.15, -0.1) is 11.3 Å². The van der Waals surface area contributed by atoms with Gasteiger partial charge in [-0.25, -0.2) is 10.8 Å². The Labute approximate surface area is 125 Å². The monoisotopic (exact) mass is 302 g/mol. The first-order valence-corrected chi connectivity index (χ1v) is 7.17. The number of aromatic nitrogens is 2. The number of methoxy groups -OCH3 is 1. The largest absolute Gasteiger partial charge is 0.497 e. The summed E-state index contributed by atoms with van der Waals surface area (Å²) in [5.41, 5.74) is 4.00. The van der Waals surface area contributed by atoms with Crippen molar-refractivity contribution >= 4 is 28.1 Å². The average molecular weight is 302 g/mol. The summed E-state index contributed by atoms with van der Waals surface area (Å²) in [4.78, 5) is 15.7. The molecule has 0 unspecified atom stereocenters. The van der Waals surface area contributed by atoms with E-state index in [0.29, 0.717) is 11.6 Å². The van der Waals surface area contributed by atoms with Gasteiger partial charge in [-0.3, -0.25) is 10.2 Å². The van der Waals surface area contributed by atoms with Crippen molar-refractivity contribution in [1.82, 2.24) is 15.0 Å². The summed E-state index contributed by atoms with van der Waals surface area (Å²) >= 11 is 1.28. The standard InChI is InChI=1S/C14H14N4O2S/c1-20-11-2-3-12-9(6-11)4-5-18(12)7-10-8-21-14(16-10)13(19)17-15/h2-6,8H,7,15H2,1H3,(H,17,19). The molecule has 0 aliphatic carbocycles. The van der Waals surface area contributed by atoms with Crippen molar-refractivity contribution in [3.05, 3.63) is 46.5 Å². The van der Waals surface area contributed by atoms with Crippen molar-refractivity contribution in [2.24, 2.45) is 5.84 Å². The number of hydrogen-bond donors (Lipinski definition) is 2. The van der Waals surface area contributed by atoms with E-state index in [4.69, 9.17) is 10.6 Å². The van der Waals surface area contributed by atoms with Gasteiger partial charge in [-0.1, -0.05) is 0 Å². The normalized spacial score (nSPS) is 10.8. The summed E-state index contributed by atoms with van der Waals surface area (Å²) < 4.78 is 7.29. The number of nitrogens with two attached hydrogens (primary N) is 1. The van der Waals surface area contributed by atoms with Crippen LogP contribution in [0.3, 0.4) is 0 Å². The predicted molar refractivity (Wildman–Crippen MR) is 81.4 cm³/mol. The van der Waals surface area contributed by atoms with E-state index in [2.05, 4.69) is 15.0 Å². The van der Waals surface area contributed by atoms with Gasteiger partial charge in [0.25, 0.3) is 5.91 Å². The Balaban J connectivity index is 1.88. The first kappa shape index (κ1) is 13.6. The molecule has 1 amide bonds. The molecule has 2 heterocycles. The molecular formula is C14H14N4O2S. The minimum absolute atomic E-state index is 0.366. The van der Waals surface area contributed by atoms with Crippen molar-refractivity contribution in [3.63, 3.8) is 0 Å². The number of fused-ring (bicyclic) bond motifs is 1. The van der Waals surface area contributed by atoms with Crippen molar-refractivity contribution in [2.75, 3.05) is 7.11 Å². The van der Waals surface area contributed by atoms with Gasteiger partial charge in [0.15, 0.2) is 5.01 Å². The van der Waals surface area contributed by atoms with E-state index in [1.54, 1.807) is 7.11 Å². The van der Waals surface area contributed by atoms with Gasteiger partial charge in [0, 0.05) is 22.5 Å². The number of thiazole rings is 1. The quantitative estimate of drug-likeness (QED) is 0.437. The molecule has 0 saturated carbocycles. The molecule has 6 nitrogen and oxygen atoms in total. The van der Waals surface area contributed by atoms with Gasteiger partial charge in [0.05, 0.1) is 19.3 Å². The molecule has 0 spiro atoms. The zero-order valence-corrected chi connectivity index (χ0v) is 12.2. The molecule has 1 aromatic carbocycles. The highest BCUT2D eigenvalue weighted by Crippen LogP contribution is 2.23. The van der Waals surface area contributed by atoms with Crippen LogP contribution in [0.15, 0.2) is 35.8 Å². The lowest BCUT2D eigenvalue weighted by Crippen LogP contribution is -2.29. The fraction of sp³-hybridized carbons (Fsp3) is 0.143. The van der Waals surface area contributed by atoms with Crippen molar-refractivity contribution in [2.45, 2.75) is 6.54 Å².